The van der Waals surface area contributed by atoms with E-state index in [0.29, 0.717) is 31.6 Å². The molecule has 1 amide bonds. The van der Waals surface area contributed by atoms with Crippen LogP contribution in [-0.4, -0.2) is 53.7 Å². The van der Waals surface area contributed by atoms with Crippen LogP contribution in [0.25, 0.3) is 0 Å². The van der Waals surface area contributed by atoms with Gasteiger partial charge in [0.15, 0.2) is 5.96 Å². The number of aryl methyl sites for hydroxylation is 1. The van der Waals surface area contributed by atoms with Crippen molar-refractivity contribution in [3.05, 3.63) is 16.1 Å². The van der Waals surface area contributed by atoms with Gasteiger partial charge in [0.25, 0.3) is 0 Å². The lowest BCUT2D eigenvalue weighted by Gasteiger charge is -2.27. The third-order valence-electron chi connectivity index (χ3n) is 3.56. The van der Waals surface area contributed by atoms with E-state index in [9.17, 15) is 4.79 Å². The van der Waals surface area contributed by atoms with E-state index in [2.05, 4.69) is 20.6 Å². The fourth-order valence-corrected chi connectivity index (χ4v) is 3.01. The second-order valence-electron chi connectivity index (χ2n) is 7.12. The lowest BCUT2D eigenvalue weighted by Crippen LogP contribution is -2.45. The predicted molar refractivity (Wildman–Crippen MR) is 116 cm³/mol. The van der Waals surface area contributed by atoms with Crippen LogP contribution in [0.3, 0.4) is 0 Å². The molecule has 26 heavy (non-hydrogen) atoms. The molecule has 148 valence electrons. The summed E-state index contributed by atoms with van der Waals surface area (Å²) in [6.45, 7) is 9.55. The topological polar surface area (TPSA) is 78.9 Å². The highest BCUT2D eigenvalue weighted by molar-refractivity contribution is 14.0. The van der Waals surface area contributed by atoms with Gasteiger partial charge < -0.3 is 20.3 Å². The third-order valence-corrected chi connectivity index (χ3v) is 4.47. The summed E-state index contributed by atoms with van der Waals surface area (Å²) < 4.78 is 5.50. The van der Waals surface area contributed by atoms with Gasteiger partial charge in [-0.2, -0.15) is 0 Å². The minimum absolute atomic E-state index is 0. The second kappa shape index (κ2) is 10.3. The first-order chi connectivity index (χ1) is 11.8. The van der Waals surface area contributed by atoms with Gasteiger partial charge in [-0.1, -0.05) is 0 Å². The molecule has 0 unspecified atom stereocenters. The van der Waals surface area contributed by atoms with E-state index in [1.165, 1.54) is 4.88 Å². The Balaban J connectivity index is 0.00000338. The number of thiazole rings is 1. The molecule has 2 rings (SSSR count). The molecule has 0 saturated heterocycles. The normalized spacial score (nSPS) is 14.4. The van der Waals surface area contributed by atoms with E-state index < -0.39 is 5.60 Å². The molecule has 0 spiro atoms. The number of ether oxygens (including phenoxy) is 1. The molecule has 1 aromatic heterocycles. The van der Waals surface area contributed by atoms with Crippen molar-refractivity contribution in [2.75, 3.05) is 20.1 Å². The van der Waals surface area contributed by atoms with Gasteiger partial charge >= 0.3 is 6.09 Å². The Bertz CT molecular complexity index is 611. The van der Waals surface area contributed by atoms with Crippen LogP contribution in [0.2, 0.25) is 0 Å². The highest BCUT2D eigenvalue weighted by atomic mass is 127. The number of nitrogens with zero attached hydrogens (tertiary/aromatic N) is 3. The molecule has 0 radical (unpaired) electrons. The monoisotopic (exact) mass is 495 g/mol. The Kier molecular flexibility index (Phi) is 9.08. The number of hydrogen-bond donors (Lipinski definition) is 2. The molecule has 1 heterocycles. The Morgan fingerprint density at radius 2 is 2.12 bits per heavy atom. The molecule has 1 aliphatic carbocycles. The molecule has 1 fully saturated rings. The zero-order valence-corrected chi connectivity index (χ0v) is 19.3. The fraction of sp³-hybridized carbons (Fsp3) is 0.706. The van der Waals surface area contributed by atoms with E-state index in [0.717, 1.165) is 17.8 Å². The zero-order chi connectivity index (χ0) is 18.4. The van der Waals surface area contributed by atoms with Crippen molar-refractivity contribution in [1.29, 1.82) is 0 Å². The summed E-state index contributed by atoms with van der Waals surface area (Å²) >= 11 is 1.66. The van der Waals surface area contributed by atoms with Crippen LogP contribution in [0.1, 0.15) is 43.5 Å². The number of aliphatic imine (C=N–C) groups is 1. The number of hydrogen-bond acceptors (Lipinski definition) is 5. The van der Waals surface area contributed by atoms with E-state index in [1.807, 2.05) is 38.8 Å². The van der Waals surface area contributed by atoms with Crippen molar-refractivity contribution >= 4 is 47.4 Å². The first kappa shape index (κ1) is 22.9. The maximum Gasteiger partial charge on any atom is 0.410 e. The van der Waals surface area contributed by atoms with Crippen LogP contribution >= 0.6 is 35.3 Å². The van der Waals surface area contributed by atoms with Crippen LogP contribution in [0.15, 0.2) is 11.2 Å². The number of amides is 1. The first-order valence-electron chi connectivity index (χ1n) is 8.64. The van der Waals surface area contributed by atoms with Crippen LogP contribution in [0.5, 0.6) is 0 Å². The molecular formula is C17H30IN5O2S. The number of carbonyl (C=O) groups excluding carboxylic acids is 1. The van der Waals surface area contributed by atoms with Crippen LogP contribution in [-0.2, 0) is 11.3 Å². The van der Waals surface area contributed by atoms with Gasteiger partial charge in [-0.25, -0.2) is 9.78 Å². The fourth-order valence-electron chi connectivity index (χ4n) is 2.29. The van der Waals surface area contributed by atoms with Gasteiger partial charge in [-0.05, 0) is 40.5 Å². The summed E-state index contributed by atoms with van der Waals surface area (Å²) in [4.78, 5) is 23.9. The van der Waals surface area contributed by atoms with Gasteiger partial charge in [0, 0.05) is 37.3 Å². The van der Waals surface area contributed by atoms with Crippen molar-refractivity contribution in [1.82, 2.24) is 20.5 Å². The largest absolute Gasteiger partial charge is 0.444 e. The zero-order valence-electron chi connectivity index (χ0n) is 16.2. The lowest BCUT2D eigenvalue weighted by atomic mass is 10.2. The molecule has 2 N–H and O–H groups in total. The van der Waals surface area contributed by atoms with Gasteiger partial charge in [0.1, 0.15) is 10.6 Å². The smallest absolute Gasteiger partial charge is 0.410 e. The summed E-state index contributed by atoms with van der Waals surface area (Å²) in [5.41, 5.74) is -0.471. The molecule has 0 bridgehead atoms. The van der Waals surface area contributed by atoms with Crippen molar-refractivity contribution in [2.45, 2.75) is 58.7 Å². The van der Waals surface area contributed by atoms with E-state index in [1.54, 1.807) is 18.4 Å². The third kappa shape index (κ3) is 8.07. The maximum atomic E-state index is 12.3. The summed E-state index contributed by atoms with van der Waals surface area (Å²) in [6, 6.07) is 0.310. The van der Waals surface area contributed by atoms with Gasteiger partial charge in [-0.3, -0.25) is 4.99 Å². The molecule has 1 aliphatic rings. The molecule has 0 atom stereocenters. The number of rotatable bonds is 6. The molecule has 0 aliphatic heterocycles. The summed E-state index contributed by atoms with van der Waals surface area (Å²) in [5, 5.41) is 7.50. The van der Waals surface area contributed by atoms with E-state index >= 15 is 0 Å². The summed E-state index contributed by atoms with van der Waals surface area (Å²) in [5.74, 6) is 0.702. The average Bonchev–Trinajstić information content (AvgIpc) is 3.26. The average molecular weight is 495 g/mol. The molecule has 1 saturated carbocycles. The number of aromatic nitrogens is 1. The molecular weight excluding hydrogens is 465 g/mol. The number of carbonyl (C=O) groups is 1. The SMILES string of the molecule is CN=C(NCCN(C(=O)OC(C)(C)C)C1CC1)NCc1ncc(C)s1.I. The highest BCUT2D eigenvalue weighted by Crippen LogP contribution is 2.28. The van der Waals surface area contributed by atoms with Gasteiger partial charge in [0.2, 0.25) is 0 Å². The van der Waals surface area contributed by atoms with Crippen molar-refractivity contribution in [3.63, 3.8) is 0 Å². The van der Waals surface area contributed by atoms with Gasteiger partial charge in [0.05, 0.1) is 6.54 Å². The van der Waals surface area contributed by atoms with Crippen molar-refractivity contribution < 1.29 is 9.53 Å². The number of nitrogens with one attached hydrogen (secondary N) is 2. The minimum Gasteiger partial charge on any atom is -0.444 e. The molecule has 9 heteroatoms. The first-order valence-corrected chi connectivity index (χ1v) is 9.45. The summed E-state index contributed by atoms with van der Waals surface area (Å²) in [7, 11) is 1.73. The minimum atomic E-state index is -0.471. The Morgan fingerprint density at radius 1 is 1.42 bits per heavy atom. The van der Waals surface area contributed by atoms with Gasteiger partial charge in [-0.15, -0.1) is 35.3 Å². The molecule has 0 aromatic carbocycles. The van der Waals surface area contributed by atoms with Crippen molar-refractivity contribution in [3.8, 4) is 0 Å². The molecule has 7 nitrogen and oxygen atoms in total. The van der Waals surface area contributed by atoms with E-state index in [4.69, 9.17) is 4.74 Å². The quantitative estimate of drug-likeness (QED) is 0.360. The second-order valence-corrected chi connectivity index (χ2v) is 8.44. The maximum absolute atomic E-state index is 12.3. The highest BCUT2D eigenvalue weighted by Gasteiger charge is 2.34. The number of guanidine groups is 1. The summed E-state index contributed by atoms with van der Waals surface area (Å²) in [6.07, 6.45) is 3.73. The Morgan fingerprint density at radius 3 is 2.62 bits per heavy atom. The van der Waals surface area contributed by atoms with E-state index in [-0.39, 0.29) is 30.1 Å². The predicted octanol–water partition coefficient (Wildman–Crippen LogP) is 3.13. The van der Waals surface area contributed by atoms with Crippen LogP contribution < -0.4 is 10.6 Å². The number of halogens is 1. The Labute approximate surface area is 177 Å². The van der Waals surface area contributed by atoms with Crippen LogP contribution in [0, 0.1) is 6.92 Å². The molecule has 1 aromatic rings. The standard InChI is InChI=1S/C17H29N5O2S.HI/c1-12-10-20-14(25-12)11-21-15(18-5)19-8-9-22(13-6-7-13)16(23)24-17(2,3)4;/h10,13H,6-9,11H2,1-5H3,(H2,18,19,21);1H. The van der Waals surface area contributed by atoms with Crippen molar-refractivity contribution in [2.24, 2.45) is 4.99 Å². The Hall–Kier alpha value is -1.10. The van der Waals surface area contributed by atoms with Crippen LogP contribution in [0.4, 0.5) is 4.79 Å². The lowest BCUT2D eigenvalue weighted by molar-refractivity contribution is 0.0238.